The van der Waals surface area contributed by atoms with Crippen molar-refractivity contribution in [2.75, 3.05) is 0 Å². The number of rotatable bonds is 4. The second-order valence-corrected chi connectivity index (χ2v) is 8.08. The van der Waals surface area contributed by atoms with Crippen LogP contribution >= 0.6 is 67.8 Å². The summed E-state index contributed by atoms with van der Waals surface area (Å²) in [4.78, 5) is 11.1. The minimum Gasteiger partial charge on any atom is -0.507 e. The molecule has 1 atom stereocenters. The molecular formula is C15H11I3O4. The molecular weight excluding hydrogens is 625 g/mol. The summed E-state index contributed by atoms with van der Waals surface area (Å²) in [5.41, 5.74) is 0.744. The maximum Gasteiger partial charge on any atom is 0.310 e. The SMILES string of the molecule is CC(C(=O)O)c1cc(I)c(Oc2ccc(O)c(I)c2)c(I)c1. The first-order chi connectivity index (χ1) is 10.3. The Labute approximate surface area is 168 Å². The fourth-order valence-corrected chi connectivity index (χ4v) is 4.26. The van der Waals surface area contributed by atoms with Gasteiger partial charge in [0.05, 0.1) is 16.6 Å². The van der Waals surface area contributed by atoms with E-state index in [1.54, 1.807) is 25.1 Å². The van der Waals surface area contributed by atoms with Crippen LogP contribution in [0.1, 0.15) is 18.4 Å². The lowest BCUT2D eigenvalue weighted by Crippen LogP contribution is -2.08. The molecule has 1 unspecified atom stereocenters. The third kappa shape index (κ3) is 4.16. The van der Waals surface area contributed by atoms with Gasteiger partial charge in [0, 0.05) is 0 Å². The Hall–Kier alpha value is -0.300. The van der Waals surface area contributed by atoms with Gasteiger partial charge in [-0.2, -0.15) is 0 Å². The van der Waals surface area contributed by atoms with Crippen LogP contribution in [-0.2, 0) is 4.79 Å². The average molecular weight is 636 g/mol. The zero-order chi connectivity index (χ0) is 16.4. The molecule has 2 aromatic rings. The minimum absolute atomic E-state index is 0.211. The van der Waals surface area contributed by atoms with Crippen LogP contribution < -0.4 is 4.74 Å². The Kier molecular flexibility index (Phi) is 6.16. The molecule has 116 valence electrons. The first-order valence-electron chi connectivity index (χ1n) is 6.17. The lowest BCUT2D eigenvalue weighted by atomic mass is 10.0. The van der Waals surface area contributed by atoms with E-state index in [1.165, 1.54) is 0 Å². The lowest BCUT2D eigenvalue weighted by Gasteiger charge is -2.14. The van der Waals surface area contributed by atoms with E-state index in [-0.39, 0.29) is 5.75 Å². The number of phenolic OH excluding ortho intramolecular Hbond substituents is 1. The summed E-state index contributed by atoms with van der Waals surface area (Å²) in [6.45, 7) is 1.66. The molecule has 0 aliphatic rings. The summed E-state index contributed by atoms with van der Waals surface area (Å²) < 4.78 is 8.28. The third-order valence-corrected chi connectivity index (χ3v) is 5.50. The second kappa shape index (κ2) is 7.51. The Morgan fingerprint density at radius 1 is 1.09 bits per heavy atom. The van der Waals surface area contributed by atoms with Crippen molar-refractivity contribution in [1.82, 2.24) is 0 Å². The van der Waals surface area contributed by atoms with Crippen molar-refractivity contribution in [3.63, 3.8) is 0 Å². The Morgan fingerprint density at radius 2 is 1.68 bits per heavy atom. The van der Waals surface area contributed by atoms with Crippen molar-refractivity contribution in [1.29, 1.82) is 0 Å². The summed E-state index contributed by atoms with van der Waals surface area (Å²) in [5, 5.41) is 18.7. The third-order valence-electron chi connectivity index (χ3n) is 3.03. The number of carboxylic acid groups (broad SMARTS) is 1. The standard InChI is InChI=1S/C15H11I3O4/c1-7(15(20)21)8-4-11(17)14(12(18)5-8)22-9-2-3-13(19)10(16)6-9/h2-7,19H,1H3,(H,20,21). The predicted octanol–water partition coefficient (Wildman–Crippen LogP) is 5.19. The molecule has 0 aliphatic heterocycles. The highest BCUT2D eigenvalue weighted by molar-refractivity contribution is 14.1. The molecule has 0 bridgehead atoms. The van der Waals surface area contributed by atoms with E-state index in [4.69, 9.17) is 9.84 Å². The van der Waals surface area contributed by atoms with Crippen molar-refractivity contribution in [3.05, 3.63) is 46.6 Å². The van der Waals surface area contributed by atoms with E-state index < -0.39 is 11.9 Å². The number of carbonyl (C=O) groups is 1. The van der Waals surface area contributed by atoms with E-state index in [9.17, 15) is 9.90 Å². The molecule has 2 rings (SSSR count). The van der Waals surface area contributed by atoms with Crippen molar-refractivity contribution < 1.29 is 19.7 Å². The normalized spacial score (nSPS) is 12.0. The van der Waals surface area contributed by atoms with Gasteiger partial charge in [0.1, 0.15) is 11.5 Å². The molecule has 0 radical (unpaired) electrons. The summed E-state index contributed by atoms with van der Waals surface area (Å²) in [6, 6.07) is 8.66. The number of ether oxygens (including phenoxy) is 1. The molecule has 2 N–H and O–H groups in total. The van der Waals surface area contributed by atoms with Gasteiger partial charge in [-0.15, -0.1) is 0 Å². The van der Waals surface area contributed by atoms with Crippen LogP contribution in [0.15, 0.2) is 30.3 Å². The maximum atomic E-state index is 11.1. The maximum absolute atomic E-state index is 11.1. The molecule has 7 heteroatoms. The second-order valence-electron chi connectivity index (χ2n) is 4.59. The van der Waals surface area contributed by atoms with Crippen LogP contribution in [0.25, 0.3) is 0 Å². The average Bonchev–Trinajstić information content (AvgIpc) is 2.45. The van der Waals surface area contributed by atoms with E-state index in [0.717, 1.165) is 12.7 Å². The molecule has 0 saturated carbocycles. The zero-order valence-electron chi connectivity index (χ0n) is 11.3. The van der Waals surface area contributed by atoms with Crippen molar-refractivity contribution in [3.8, 4) is 17.2 Å². The molecule has 0 spiro atoms. The summed E-state index contributed by atoms with van der Waals surface area (Å²) >= 11 is 6.31. The quantitative estimate of drug-likeness (QED) is 0.455. The number of aliphatic carboxylic acids is 1. The molecule has 22 heavy (non-hydrogen) atoms. The summed E-state index contributed by atoms with van der Waals surface area (Å²) in [7, 11) is 0. The van der Waals surface area contributed by atoms with Gasteiger partial charge in [0.25, 0.3) is 0 Å². The monoisotopic (exact) mass is 636 g/mol. The van der Waals surface area contributed by atoms with Crippen LogP contribution in [0.2, 0.25) is 0 Å². The number of benzene rings is 2. The van der Waals surface area contributed by atoms with Gasteiger partial charge in [-0.3, -0.25) is 4.79 Å². The van der Waals surface area contributed by atoms with Gasteiger partial charge in [0.15, 0.2) is 5.75 Å². The first kappa shape index (κ1) is 18.0. The fraction of sp³-hybridized carbons (Fsp3) is 0.133. The topological polar surface area (TPSA) is 66.8 Å². The van der Waals surface area contributed by atoms with Crippen LogP contribution in [0.5, 0.6) is 17.2 Å². The minimum atomic E-state index is -0.853. The molecule has 4 nitrogen and oxygen atoms in total. The number of carboxylic acids is 1. The number of hydrogen-bond donors (Lipinski definition) is 2. The Bertz CT molecular complexity index is 708. The van der Waals surface area contributed by atoms with E-state index in [0.29, 0.717) is 15.1 Å². The first-order valence-corrected chi connectivity index (χ1v) is 9.41. The van der Waals surface area contributed by atoms with Gasteiger partial charge in [0.2, 0.25) is 0 Å². The number of halogens is 3. The molecule has 0 saturated heterocycles. The van der Waals surface area contributed by atoms with Gasteiger partial charge in [-0.25, -0.2) is 0 Å². The Balaban J connectivity index is 2.36. The van der Waals surface area contributed by atoms with Crippen LogP contribution in [-0.4, -0.2) is 16.2 Å². The molecule has 2 aromatic carbocycles. The number of aromatic hydroxyl groups is 1. The van der Waals surface area contributed by atoms with E-state index >= 15 is 0 Å². The highest BCUT2D eigenvalue weighted by Crippen LogP contribution is 2.36. The molecule has 0 aromatic heterocycles. The predicted molar refractivity (Wildman–Crippen MR) is 109 cm³/mol. The van der Waals surface area contributed by atoms with Crippen LogP contribution in [0.4, 0.5) is 0 Å². The highest BCUT2D eigenvalue weighted by Gasteiger charge is 2.18. The lowest BCUT2D eigenvalue weighted by molar-refractivity contribution is -0.138. The molecule has 0 amide bonds. The molecule has 0 heterocycles. The van der Waals surface area contributed by atoms with Crippen molar-refractivity contribution in [2.24, 2.45) is 0 Å². The molecule has 0 fully saturated rings. The van der Waals surface area contributed by atoms with Crippen molar-refractivity contribution >= 4 is 73.7 Å². The fourth-order valence-electron chi connectivity index (χ4n) is 1.74. The van der Waals surface area contributed by atoms with Gasteiger partial charge in [-0.1, -0.05) is 0 Å². The number of hydrogen-bond acceptors (Lipinski definition) is 3. The summed E-state index contributed by atoms with van der Waals surface area (Å²) in [6.07, 6.45) is 0. The Morgan fingerprint density at radius 3 is 2.18 bits per heavy atom. The zero-order valence-corrected chi connectivity index (χ0v) is 17.8. The van der Waals surface area contributed by atoms with Gasteiger partial charge >= 0.3 is 5.97 Å². The largest absolute Gasteiger partial charge is 0.507 e. The molecule has 0 aliphatic carbocycles. The smallest absolute Gasteiger partial charge is 0.310 e. The van der Waals surface area contributed by atoms with Crippen LogP contribution in [0, 0.1) is 10.7 Å². The van der Waals surface area contributed by atoms with Crippen molar-refractivity contribution in [2.45, 2.75) is 12.8 Å². The van der Waals surface area contributed by atoms with E-state index in [1.807, 2.05) is 34.7 Å². The van der Waals surface area contributed by atoms with Crippen LogP contribution in [0.3, 0.4) is 0 Å². The number of phenols is 1. The van der Waals surface area contributed by atoms with Gasteiger partial charge in [-0.05, 0) is 111 Å². The van der Waals surface area contributed by atoms with E-state index in [2.05, 4.69) is 45.2 Å². The summed E-state index contributed by atoms with van der Waals surface area (Å²) in [5.74, 6) is 0.100. The highest BCUT2D eigenvalue weighted by atomic mass is 127. The van der Waals surface area contributed by atoms with Gasteiger partial charge < -0.3 is 14.9 Å².